The standard InChI is InChI=1S/C18H22ClN3OS/c1-12-16(18(23)22-9-7-13(8-10-22)11-20-2)24-17(21-12)14-3-5-15(19)6-4-14/h3-6,13,20H,7-11H2,1-2H3. The number of nitrogens with one attached hydrogen (secondary N) is 1. The van der Waals surface area contributed by atoms with Gasteiger partial charge in [0.1, 0.15) is 9.88 Å². The third-order valence-electron chi connectivity index (χ3n) is 4.48. The number of hydrogen-bond donors (Lipinski definition) is 1. The SMILES string of the molecule is CNCC1CCN(C(=O)c2sc(-c3ccc(Cl)cc3)nc2C)CC1. The first-order valence-electron chi connectivity index (χ1n) is 8.25. The highest BCUT2D eigenvalue weighted by Gasteiger charge is 2.26. The summed E-state index contributed by atoms with van der Waals surface area (Å²) >= 11 is 7.41. The van der Waals surface area contributed by atoms with Gasteiger partial charge in [0.15, 0.2) is 0 Å². The number of hydrogen-bond acceptors (Lipinski definition) is 4. The van der Waals surface area contributed by atoms with Crippen molar-refractivity contribution < 1.29 is 4.79 Å². The van der Waals surface area contributed by atoms with Crippen LogP contribution in [0.3, 0.4) is 0 Å². The molecule has 4 nitrogen and oxygen atoms in total. The molecule has 0 spiro atoms. The highest BCUT2D eigenvalue weighted by atomic mass is 35.5. The molecule has 0 unspecified atom stereocenters. The highest BCUT2D eigenvalue weighted by molar-refractivity contribution is 7.17. The quantitative estimate of drug-likeness (QED) is 0.897. The molecule has 1 saturated heterocycles. The van der Waals surface area contributed by atoms with Gasteiger partial charge in [0.25, 0.3) is 5.91 Å². The Labute approximate surface area is 151 Å². The second-order valence-electron chi connectivity index (χ2n) is 6.23. The van der Waals surface area contributed by atoms with Crippen molar-refractivity contribution in [1.29, 1.82) is 0 Å². The smallest absolute Gasteiger partial charge is 0.265 e. The van der Waals surface area contributed by atoms with Gasteiger partial charge in [-0.1, -0.05) is 23.7 Å². The molecule has 0 radical (unpaired) electrons. The zero-order valence-electron chi connectivity index (χ0n) is 14.0. The minimum atomic E-state index is 0.119. The molecule has 3 rings (SSSR count). The van der Waals surface area contributed by atoms with E-state index in [0.717, 1.165) is 53.6 Å². The molecule has 2 aromatic rings. The average Bonchev–Trinajstić information content (AvgIpc) is 2.98. The largest absolute Gasteiger partial charge is 0.338 e. The van der Waals surface area contributed by atoms with Gasteiger partial charge < -0.3 is 10.2 Å². The lowest BCUT2D eigenvalue weighted by Gasteiger charge is -2.31. The predicted octanol–water partition coefficient (Wildman–Crippen LogP) is 3.84. The van der Waals surface area contributed by atoms with Crippen LogP contribution >= 0.6 is 22.9 Å². The van der Waals surface area contributed by atoms with Crippen LogP contribution in [-0.2, 0) is 0 Å². The van der Waals surface area contributed by atoms with Gasteiger partial charge in [-0.3, -0.25) is 4.79 Å². The molecule has 128 valence electrons. The number of carbonyl (C=O) groups is 1. The summed E-state index contributed by atoms with van der Waals surface area (Å²) in [5, 5.41) is 4.80. The van der Waals surface area contributed by atoms with Crippen LogP contribution in [0.1, 0.15) is 28.2 Å². The van der Waals surface area contributed by atoms with Gasteiger partial charge >= 0.3 is 0 Å². The predicted molar refractivity (Wildman–Crippen MR) is 99.9 cm³/mol. The lowest BCUT2D eigenvalue weighted by Crippen LogP contribution is -2.40. The first-order valence-corrected chi connectivity index (χ1v) is 9.45. The lowest BCUT2D eigenvalue weighted by molar-refractivity contribution is 0.0695. The van der Waals surface area contributed by atoms with Crippen molar-refractivity contribution >= 4 is 28.8 Å². The van der Waals surface area contributed by atoms with E-state index in [1.54, 1.807) is 0 Å². The van der Waals surface area contributed by atoms with Gasteiger partial charge in [-0.2, -0.15) is 0 Å². The van der Waals surface area contributed by atoms with Crippen molar-refractivity contribution in [3.63, 3.8) is 0 Å². The number of likely N-dealkylation sites (tertiary alicyclic amines) is 1. The summed E-state index contributed by atoms with van der Waals surface area (Å²) in [6.07, 6.45) is 2.13. The van der Waals surface area contributed by atoms with E-state index in [4.69, 9.17) is 11.6 Å². The van der Waals surface area contributed by atoms with Crippen molar-refractivity contribution in [3.05, 3.63) is 39.9 Å². The van der Waals surface area contributed by atoms with E-state index < -0.39 is 0 Å². The molecule has 0 aliphatic carbocycles. The normalized spacial score (nSPS) is 15.7. The fourth-order valence-electron chi connectivity index (χ4n) is 3.08. The van der Waals surface area contributed by atoms with Crippen LogP contribution in [0.15, 0.2) is 24.3 Å². The Bertz CT molecular complexity index is 706. The monoisotopic (exact) mass is 363 g/mol. The average molecular weight is 364 g/mol. The van der Waals surface area contributed by atoms with Crippen LogP contribution in [0.5, 0.6) is 0 Å². The molecule has 1 aromatic heterocycles. The van der Waals surface area contributed by atoms with Crippen LogP contribution in [0.4, 0.5) is 0 Å². The van der Waals surface area contributed by atoms with Gasteiger partial charge in [0.2, 0.25) is 0 Å². The lowest BCUT2D eigenvalue weighted by atomic mass is 9.97. The third kappa shape index (κ3) is 3.79. The maximum atomic E-state index is 12.8. The summed E-state index contributed by atoms with van der Waals surface area (Å²) in [6.45, 7) is 4.61. The van der Waals surface area contributed by atoms with Crippen molar-refractivity contribution in [3.8, 4) is 10.6 Å². The molecular weight excluding hydrogens is 342 g/mol. The van der Waals surface area contributed by atoms with Crippen molar-refractivity contribution in [2.24, 2.45) is 5.92 Å². The minimum absolute atomic E-state index is 0.119. The molecule has 1 aromatic carbocycles. The van der Waals surface area contributed by atoms with E-state index in [1.165, 1.54) is 11.3 Å². The van der Waals surface area contributed by atoms with Crippen molar-refractivity contribution in [1.82, 2.24) is 15.2 Å². The molecule has 0 bridgehead atoms. The molecule has 1 aliphatic rings. The molecule has 1 amide bonds. The number of benzene rings is 1. The Balaban J connectivity index is 1.73. The van der Waals surface area contributed by atoms with Gasteiger partial charge in [-0.05, 0) is 51.4 Å². The number of amides is 1. The fourth-order valence-corrected chi connectivity index (χ4v) is 4.25. The maximum absolute atomic E-state index is 12.8. The number of rotatable bonds is 4. The van der Waals surface area contributed by atoms with Gasteiger partial charge in [-0.25, -0.2) is 4.98 Å². The van der Waals surface area contributed by atoms with Crippen LogP contribution in [0, 0.1) is 12.8 Å². The highest BCUT2D eigenvalue weighted by Crippen LogP contribution is 2.30. The molecule has 1 fully saturated rings. The van der Waals surface area contributed by atoms with Gasteiger partial charge in [0.05, 0.1) is 5.69 Å². The molecular formula is C18H22ClN3OS. The molecule has 1 N–H and O–H groups in total. The van der Waals surface area contributed by atoms with E-state index in [9.17, 15) is 4.79 Å². The van der Waals surface area contributed by atoms with E-state index in [-0.39, 0.29) is 5.91 Å². The third-order valence-corrected chi connectivity index (χ3v) is 5.92. The van der Waals surface area contributed by atoms with Crippen molar-refractivity contribution in [2.75, 3.05) is 26.7 Å². The zero-order chi connectivity index (χ0) is 17.1. The molecule has 0 saturated carbocycles. The Morgan fingerprint density at radius 2 is 2.00 bits per heavy atom. The summed E-state index contributed by atoms with van der Waals surface area (Å²) in [4.78, 5) is 20.2. The summed E-state index contributed by atoms with van der Waals surface area (Å²) in [6, 6.07) is 7.58. The summed E-state index contributed by atoms with van der Waals surface area (Å²) in [5.41, 5.74) is 1.81. The second-order valence-corrected chi connectivity index (χ2v) is 7.67. The first-order chi connectivity index (χ1) is 11.6. The number of thiazole rings is 1. The van der Waals surface area contributed by atoms with Crippen molar-refractivity contribution in [2.45, 2.75) is 19.8 Å². The molecule has 0 atom stereocenters. The Morgan fingerprint density at radius 1 is 1.33 bits per heavy atom. The number of aryl methyl sites for hydroxylation is 1. The topological polar surface area (TPSA) is 45.2 Å². The number of aromatic nitrogens is 1. The number of halogens is 1. The molecule has 1 aliphatic heterocycles. The zero-order valence-corrected chi connectivity index (χ0v) is 15.6. The maximum Gasteiger partial charge on any atom is 0.265 e. The summed E-state index contributed by atoms with van der Waals surface area (Å²) in [7, 11) is 1.98. The van der Waals surface area contributed by atoms with Crippen LogP contribution in [0.25, 0.3) is 10.6 Å². The summed E-state index contributed by atoms with van der Waals surface area (Å²) in [5.74, 6) is 0.791. The second kappa shape index (κ2) is 7.64. The molecule has 2 heterocycles. The van der Waals surface area contributed by atoms with Gasteiger partial charge in [-0.15, -0.1) is 11.3 Å². The van der Waals surface area contributed by atoms with Crippen LogP contribution < -0.4 is 5.32 Å². The molecule has 24 heavy (non-hydrogen) atoms. The first kappa shape index (κ1) is 17.4. The van der Waals surface area contributed by atoms with E-state index >= 15 is 0 Å². The number of piperidine rings is 1. The summed E-state index contributed by atoms with van der Waals surface area (Å²) < 4.78 is 0. The van der Waals surface area contributed by atoms with E-state index in [1.807, 2.05) is 43.1 Å². The Morgan fingerprint density at radius 3 is 2.62 bits per heavy atom. The van der Waals surface area contributed by atoms with Gasteiger partial charge in [0, 0.05) is 23.7 Å². The van der Waals surface area contributed by atoms with Crippen LogP contribution in [0.2, 0.25) is 5.02 Å². The Hall–Kier alpha value is -1.43. The number of carbonyl (C=O) groups excluding carboxylic acids is 1. The van der Waals surface area contributed by atoms with E-state index in [0.29, 0.717) is 10.9 Å². The van der Waals surface area contributed by atoms with E-state index in [2.05, 4.69) is 10.3 Å². The van der Waals surface area contributed by atoms with Crippen LogP contribution in [-0.4, -0.2) is 42.5 Å². The fraction of sp³-hybridized carbons (Fsp3) is 0.444. The Kier molecular flexibility index (Phi) is 5.54. The minimum Gasteiger partial charge on any atom is -0.338 e. The molecule has 6 heteroatoms. The number of nitrogens with zero attached hydrogens (tertiary/aromatic N) is 2.